The first kappa shape index (κ1) is 9.06. The second-order valence-corrected chi connectivity index (χ2v) is 5.69. The van der Waals surface area contributed by atoms with Crippen LogP contribution in [0.25, 0.3) is 0 Å². The number of hydrogen-bond acceptors (Lipinski definition) is 2. The minimum Gasteiger partial charge on any atom is -0.349 e. The van der Waals surface area contributed by atoms with Crippen LogP contribution in [0.5, 0.6) is 0 Å². The van der Waals surface area contributed by atoms with Gasteiger partial charge in [-0.3, -0.25) is 0 Å². The van der Waals surface area contributed by atoms with Crippen molar-refractivity contribution in [3.8, 4) is 0 Å². The van der Waals surface area contributed by atoms with Crippen molar-refractivity contribution in [3.63, 3.8) is 0 Å². The summed E-state index contributed by atoms with van der Waals surface area (Å²) in [6.07, 6.45) is 0. The second-order valence-electron chi connectivity index (χ2n) is 2.91. The molecule has 0 fully saturated rings. The molecule has 0 bridgehead atoms. The molecule has 0 spiro atoms. The summed E-state index contributed by atoms with van der Waals surface area (Å²) in [5, 5.41) is 8.16. The lowest BCUT2D eigenvalue weighted by atomic mass is 10.5. The number of rotatable bonds is 2. The highest BCUT2D eigenvalue weighted by molar-refractivity contribution is 7.46. The summed E-state index contributed by atoms with van der Waals surface area (Å²) in [4.78, 5) is 0. The SMILES string of the molecule is CC(C)[P+](=O)C(C)(C)O. The smallest absolute Gasteiger partial charge is 0.349 e. The van der Waals surface area contributed by atoms with Crippen molar-refractivity contribution in [1.82, 2.24) is 0 Å². The zero-order chi connectivity index (χ0) is 7.65. The molecule has 3 heteroatoms. The fraction of sp³-hybridized carbons (Fsp3) is 1.00. The van der Waals surface area contributed by atoms with Gasteiger partial charge in [-0.25, -0.2) is 0 Å². The van der Waals surface area contributed by atoms with Gasteiger partial charge in [-0.15, -0.1) is 0 Å². The zero-order valence-corrected chi connectivity index (χ0v) is 7.27. The van der Waals surface area contributed by atoms with Crippen molar-refractivity contribution in [2.45, 2.75) is 38.7 Å². The quantitative estimate of drug-likeness (QED) is 0.609. The molecular formula is C6H14O2P+. The Hall–Kier alpha value is 0.0600. The molecule has 1 N–H and O–H groups in total. The average molecular weight is 149 g/mol. The molecule has 0 amide bonds. The third-order valence-electron chi connectivity index (χ3n) is 1.01. The van der Waals surface area contributed by atoms with E-state index in [2.05, 4.69) is 0 Å². The van der Waals surface area contributed by atoms with Crippen molar-refractivity contribution in [1.29, 1.82) is 0 Å². The molecule has 0 aliphatic rings. The predicted octanol–water partition coefficient (Wildman–Crippen LogP) is 1.95. The molecule has 0 radical (unpaired) electrons. The Labute approximate surface area is 57.1 Å². The molecule has 0 heterocycles. The van der Waals surface area contributed by atoms with Gasteiger partial charge in [-0.2, -0.15) is 0 Å². The van der Waals surface area contributed by atoms with Crippen molar-refractivity contribution >= 4 is 7.80 Å². The highest BCUT2D eigenvalue weighted by Gasteiger charge is 2.39. The number of aliphatic hydroxyl groups is 1. The third-order valence-corrected chi connectivity index (χ3v) is 3.03. The minimum absolute atomic E-state index is 0.0694. The van der Waals surface area contributed by atoms with Crippen molar-refractivity contribution < 1.29 is 9.67 Å². The fourth-order valence-electron chi connectivity index (χ4n) is 0.632. The van der Waals surface area contributed by atoms with Gasteiger partial charge in [0.05, 0.1) is 0 Å². The first-order valence-electron chi connectivity index (χ1n) is 3.04. The van der Waals surface area contributed by atoms with Crippen LogP contribution >= 0.6 is 7.80 Å². The van der Waals surface area contributed by atoms with E-state index in [0.717, 1.165) is 0 Å². The lowest BCUT2D eigenvalue weighted by Gasteiger charge is -2.05. The Morgan fingerprint density at radius 2 is 1.78 bits per heavy atom. The van der Waals surface area contributed by atoms with Crippen LogP contribution in [0.15, 0.2) is 0 Å². The van der Waals surface area contributed by atoms with Crippen LogP contribution in [-0.2, 0) is 4.57 Å². The van der Waals surface area contributed by atoms with Gasteiger partial charge < -0.3 is 5.11 Å². The van der Waals surface area contributed by atoms with Gasteiger partial charge in [0.15, 0.2) is 5.66 Å². The van der Waals surface area contributed by atoms with Gasteiger partial charge in [-0.1, -0.05) is 4.57 Å². The van der Waals surface area contributed by atoms with Crippen LogP contribution in [-0.4, -0.2) is 16.1 Å². The Morgan fingerprint density at radius 1 is 1.44 bits per heavy atom. The lowest BCUT2D eigenvalue weighted by molar-refractivity contribution is 0.166. The van der Waals surface area contributed by atoms with Gasteiger partial charge in [0.25, 0.3) is 5.34 Å². The highest BCUT2D eigenvalue weighted by Crippen LogP contribution is 2.40. The van der Waals surface area contributed by atoms with E-state index in [9.17, 15) is 9.67 Å². The van der Waals surface area contributed by atoms with Crippen LogP contribution in [0.1, 0.15) is 27.7 Å². The Balaban J connectivity index is 4.06. The molecule has 0 saturated heterocycles. The summed E-state index contributed by atoms with van der Waals surface area (Å²) in [5.74, 6) is 0. The zero-order valence-electron chi connectivity index (χ0n) is 6.38. The van der Waals surface area contributed by atoms with Gasteiger partial charge in [0.1, 0.15) is 0 Å². The van der Waals surface area contributed by atoms with E-state index in [4.69, 9.17) is 0 Å². The predicted molar refractivity (Wildman–Crippen MR) is 39.0 cm³/mol. The third kappa shape index (κ3) is 2.92. The molecule has 0 aromatic carbocycles. The maximum Gasteiger partial charge on any atom is 0.375 e. The second kappa shape index (κ2) is 2.76. The van der Waals surface area contributed by atoms with Crippen molar-refractivity contribution in [3.05, 3.63) is 0 Å². The molecule has 0 aromatic heterocycles. The summed E-state index contributed by atoms with van der Waals surface area (Å²) < 4.78 is 11.1. The van der Waals surface area contributed by atoms with Crippen molar-refractivity contribution in [2.24, 2.45) is 0 Å². The molecule has 0 aromatic rings. The van der Waals surface area contributed by atoms with Gasteiger partial charge in [0.2, 0.25) is 0 Å². The Kier molecular flexibility index (Phi) is 2.78. The van der Waals surface area contributed by atoms with Gasteiger partial charge in [0, 0.05) is 13.8 Å². The molecular weight excluding hydrogens is 135 g/mol. The molecule has 2 nitrogen and oxygen atoms in total. The monoisotopic (exact) mass is 149 g/mol. The number of hydrogen-bond donors (Lipinski definition) is 1. The average Bonchev–Trinajstić information content (AvgIpc) is 1.62. The first-order chi connectivity index (χ1) is 3.85. The Morgan fingerprint density at radius 3 is 1.78 bits per heavy atom. The normalized spacial score (nSPS) is 14.2. The van der Waals surface area contributed by atoms with Crippen LogP contribution in [0.4, 0.5) is 0 Å². The maximum absolute atomic E-state index is 11.1. The van der Waals surface area contributed by atoms with Gasteiger partial charge in [-0.05, 0) is 13.8 Å². The van der Waals surface area contributed by atoms with E-state index in [1.54, 1.807) is 13.8 Å². The van der Waals surface area contributed by atoms with Gasteiger partial charge >= 0.3 is 7.80 Å². The Bertz CT molecular complexity index is 113. The summed E-state index contributed by atoms with van der Waals surface area (Å²) >= 11 is 0. The fourth-order valence-corrected chi connectivity index (χ4v) is 1.90. The van der Waals surface area contributed by atoms with E-state index in [0.29, 0.717) is 0 Å². The summed E-state index contributed by atoms with van der Waals surface area (Å²) in [6, 6.07) is 0. The molecule has 0 aliphatic carbocycles. The van der Waals surface area contributed by atoms with Crippen molar-refractivity contribution in [2.75, 3.05) is 0 Å². The summed E-state index contributed by atoms with van der Waals surface area (Å²) in [5.41, 5.74) is 0.0694. The molecule has 0 saturated carbocycles. The molecule has 1 atom stereocenters. The lowest BCUT2D eigenvalue weighted by Crippen LogP contribution is -2.15. The van der Waals surface area contributed by atoms with Crippen LogP contribution < -0.4 is 0 Å². The molecule has 0 rings (SSSR count). The maximum atomic E-state index is 11.1. The van der Waals surface area contributed by atoms with Crippen LogP contribution in [0, 0.1) is 0 Å². The molecule has 1 unspecified atom stereocenters. The molecule has 9 heavy (non-hydrogen) atoms. The largest absolute Gasteiger partial charge is 0.375 e. The first-order valence-corrected chi connectivity index (χ1v) is 4.37. The van der Waals surface area contributed by atoms with E-state index in [1.807, 2.05) is 13.8 Å². The minimum atomic E-state index is -1.48. The van der Waals surface area contributed by atoms with E-state index >= 15 is 0 Å². The highest BCUT2D eigenvalue weighted by atomic mass is 31.1. The van der Waals surface area contributed by atoms with E-state index < -0.39 is 13.1 Å². The molecule has 54 valence electrons. The topological polar surface area (TPSA) is 37.3 Å². The molecule has 0 aliphatic heterocycles. The summed E-state index contributed by atoms with van der Waals surface area (Å²) in [6.45, 7) is 6.84. The standard InChI is InChI=1S/C6H14O2P/c1-5(2)9(8)6(3,4)7/h5,7H,1-4H3/q+1. The van der Waals surface area contributed by atoms with Crippen LogP contribution in [0.2, 0.25) is 0 Å². The summed E-state index contributed by atoms with van der Waals surface area (Å²) in [7, 11) is -1.48. The van der Waals surface area contributed by atoms with E-state index in [-0.39, 0.29) is 5.66 Å². The van der Waals surface area contributed by atoms with Crippen LogP contribution in [0.3, 0.4) is 0 Å². The van der Waals surface area contributed by atoms with E-state index in [1.165, 1.54) is 0 Å².